The van der Waals surface area contributed by atoms with Gasteiger partial charge in [0, 0.05) is 11.3 Å². The van der Waals surface area contributed by atoms with Crippen LogP contribution in [0.4, 0.5) is 10.5 Å². The summed E-state index contributed by atoms with van der Waals surface area (Å²) in [6.45, 7) is 2.60. The number of carbonyl (C=O) groups excluding carboxylic acids is 3. The van der Waals surface area contributed by atoms with Crippen LogP contribution in [0.2, 0.25) is 0 Å². The lowest BCUT2D eigenvalue weighted by molar-refractivity contribution is -0.125. The summed E-state index contributed by atoms with van der Waals surface area (Å²) in [4.78, 5) is 37.4. The van der Waals surface area contributed by atoms with Crippen LogP contribution in [0.1, 0.15) is 27.0 Å². The van der Waals surface area contributed by atoms with E-state index in [4.69, 9.17) is 4.74 Å². The van der Waals surface area contributed by atoms with Crippen molar-refractivity contribution in [3.05, 3.63) is 95.1 Å². The van der Waals surface area contributed by atoms with Gasteiger partial charge in [-0.1, -0.05) is 48.0 Å². The second-order valence-corrected chi connectivity index (χ2v) is 7.60. The highest BCUT2D eigenvalue weighted by Crippen LogP contribution is 2.19. The van der Waals surface area contributed by atoms with Gasteiger partial charge in [0.15, 0.2) is 0 Å². The number of amides is 4. The van der Waals surface area contributed by atoms with Gasteiger partial charge in [0.1, 0.15) is 12.4 Å². The Hall–Kier alpha value is -4.13. The van der Waals surface area contributed by atoms with Gasteiger partial charge in [-0.3, -0.25) is 14.5 Å². The molecule has 0 atom stereocenters. The lowest BCUT2D eigenvalue weighted by atomic mass is 10.1. The third kappa shape index (κ3) is 5.13. The van der Waals surface area contributed by atoms with E-state index in [9.17, 15) is 14.4 Å². The standard InChI is InChI=1S/C25H23N3O4/c1-17-5-2-7-19(11-17)16-32-22-10-4-8-20(13-22)24(30)27-21-9-3-6-18(12-21)15-28-23(29)14-26-25(28)31/h2-13H,14-16H2,1H3,(H,26,31)(H,27,30). The zero-order valence-electron chi connectivity index (χ0n) is 17.6. The number of ether oxygens (including phenoxy) is 1. The predicted molar refractivity (Wildman–Crippen MR) is 120 cm³/mol. The minimum absolute atomic E-state index is 0.0115. The van der Waals surface area contributed by atoms with Crippen molar-refractivity contribution in [2.45, 2.75) is 20.1 Å². The molecule has 0 radical (unpaired) electrons. The van der Waals surface area contributed by atoms with Gasteiger partial charge in [-0.05, 0) is 48.4 Å². The molecule has 7 nitrogen and oxygen atoms in total. The summed E-state index contributed by atoms with van der Waals surface area (Å²) in [5.41, 5.74) is 4.00. The molecule has 1 fully saturated rings. The van der Waals surface area contributed by atoms with Crippen LogP contribution in [0.25, 0.3) is 0 Å². The van der Waals surface area contributed by atoms with Crippen LogP contribution in [0.5, 0.6) is 5.75 Å². The van der Waals surface area contributed by atoms with Crippen LogP contribution in [0, 0.1) is 6.92 Å². The summed E-state index contributed by atoms with van der Waals surface area (Å²) in [7, 11) is 0. The van der Waals surface area contributed by atoms with Crippen molar-refractivity contribution >= 4 is 23.5 Å². The first-order valence-electron chi connectivity index (χ1n) is 10.2. The zero-order valence-corrected chi connectivity index (χ0v) is 17.6. The van der Waals surface area contributed by atoms with Gasteiger partial charge in [-0.2, -0.15) is 0 Å². The van der Waals surface area contributed by atoms with Crippen molar-refractivity contribution in [1.82, 2.24) is 10.2 Å². The first kappa shape index (κ1) is 21.1. The van der Waals surface area contributed by atoms with Gasteiger partial charge in [0.05, 0.1) is 13.1 Å². The first-order chi connectivity index (χ1) is 15.5. The number of anilines is 1. The molecule has 0 aliphatic carbocycles. The number of nitrogens with zero attached hydrogens (tertiary/aromatic N) is 1. The number of rotatable bonds is 7. The van der Waals surface area contributed by atoms with E-state index in [0.29, 0.717) is 23.6 Å². The SMILES string of the molecule is Cc1cccc(COc2cccc(C(=O)Nc3cccc(CN4C(=O)CNC4=O)c3)c2)c1. The van der Waals surface area contributed by atoms with E-state index in [-0.39, 0.29) is 24.9 Å². The maximum absolute atomic E-state index is 12.7. The Morgan fingerprint density at radius 1 is 1.00 bits per heavy atom. The maximum atomic E-state index is 12.7. The highest BCUT2D eigenvalue weighted by molar-refractivity contribution is 6.04. The number of aryl methyl sites for hydroxylation is 1. The van der Waals surface area contributed by atoms with Crippen LogP contribution in [-0.2, 0) is 17.9 Å². The lowest BCUT2D eigenvalue weighted by Gasteiger charge is -2.13. The Morgan fingerprint density at radius 3 is 2.56 bits per heavy atom. The highest BCUT2D eigenvalue weighted by Gasteiger charge is 2.28. The summed E-state index contributed by atoms with van der Waals surface area (Å²) in [6.07, 6.45) is 0. The van der Waals surface area contributed by atoms with Crippen LogP contribution in [0.3, 0.4) is 0 Å². The maximum Gasteiger partial charge on any atom is 0.324 e. The number of benzene rings is 3. The average molecular weight is 429 g/mol. The molecule has 2 N–H and O–H groups in total. The molecule has 0 unspecified atom stereocenters. The molecule has 4 rings (SSSR count). The Labute approximate surface area is 186 Å². The number of carbonyl (C=O) groups is 3. The molecular formula is C25H23N3O4. The summed E-state index contributed by atoms with van der Waals surface area (Å²) < 4.78 is 5.85. The van der Waals surface area contributed by atoms with Crippen molar-refractivity contribution in [2.75, 3.05) is 11.9 Å². The second-order valence-electron chi connectivity index (χ2n) is 7.60. The van der Waals surface area contributed by atoms with E-state index in [0.717, 1.165) is 21.6 Å². The molecule has 0 spiro atoms. The van der Waals surface area contributed by atoms with E-state index < -0.39 is 6.03 Å². The van der Waals surface area contributed by atoms with Gasteiger partial charge >= 0.3 is 6.03 Å². The summed E-state index contributed by atoms with van der Waals surface area (Å²) in [5, 5.41) is 5.35. The minimum Gasteiger partial charge on any atom is -0.489 e. The van der Waals surface area contributed by atoms with E-state index in [1.165, 1.54) is 0 Å². The molecular weight excluding hydrogens is 406 g/mol. The fraction of sp³-hybridized carbons (Fsp3) is 0.160. The van der Waals surface area contributed by atoms with E-state index in [2.05, 4.69) is 16.7 Å². The van der Waals surface area contributed by atoms with E-state index >= 15 is 0 Å². The van der Waals surface area contributed by atoms with Crippen LogP contribution in [-0.4, -0.2) is 29.3 Å². The van der Waals surface area contributed by atoms with Gasteiger partial charge in [-0.15, -0.1) is 0 Å². The fourth-order valence-electron chi connectivity index (χ4n) is 3.44. The number of nitrogens with one attached hydrogen (secondary N) is 2. The molecule has 7 heteroatoms. The van der Waals surface area contributed by atoms with Gasteiger partial charge in [0.2, 0.25) is 5.91 Å². The van der Waals surface area contributed by atoms with E-state index in [1.807, 2.05) is 31.2 Å². The van der Waals surface area contributed by atoms with E-state index in [1.54, 1.807) is 42.5 Å². The Balaban J connectivity index is 1.40. The molecule has 1 heterocycles. The van der Waals surface area contributed by atoms with Gasteiger partial charge in [0.25, 0.3) is 5.91 Å². The topological polar surface area (TPSA) is 87.7 Å². The molecule has 0 saturated carbocycles. The van der Waals surface area contributed by atoms with Crippen LogP contribution in [0.15, 0.2) is 72.8 Å². The van der Waals surface area contributed by atoms with Crippen molar-refractivity contribution < 1.29 is 19.1 Å². The average Bonchev–Trinajstić information content (AvgIpc) is 3.10. The van der Waals surface area contributed by atoms with Crippen LogP contribution < -0.4 is 15.4 Å². The van der Waals surface area contributed by atoms with Gasteiger partial charge < -0.3 is 15.4 Å². The summed E-state index contributed by atoms with van der Waals surface area (Å²) in [6, 6.07) is 21.7. The number of urea groups is 1. The van der Waals surface area contributed by atoms with Crippen molar-refractivity contribution in [3.63, 3.8) is 0 Å². The Bertz CT molecular complexity index is 1160. The fourth-order valence-corrected chi connectivity index (χ4v) is 3.44. The largest absolute Gasteiger partial charge is 0.489 e. The van der Waals surface area contributed by atoms with Gasteiger partial charge in [-0.25, -0.2) is 4.79 Å². The lowest BCUT2D eigenvalue weighted by Crippen LogP contribution is -2.30. The third-order valence-electron chi connectivity index (χ3n) is 5.05. The predicted octanol–water partition coefficient (Wildman–Crippen LogP) is 3.88. The summed E-state index contributed by atoms with van der Waals surface area (Å²) >= 11 is 0. The van der Waals surface area contributed by atoms with Crippen LogP contribution >= 0.6 is 0 Å². The van der Waals surface area contributed by atoms with Crippen molar-refractivity contribution in [1.29, 1.82) is 0 Å². The molecule has 1 saturated heterocycles. The Morgan fingerprint density at radius 2 is 1.78 bits per heavy atom. The number of hydrogen-bond donors (Lipinski definition) is 2. The molecule has 1 aliphatic rings. The molecule has 3 aromatic carbocycles. The van der Waals surface area contributed by atoms with Crippen molar-refractivity contribution in [2.24, 2.45) is 0 Å². The first-order valence-corrected chi connectivity index (χ1v) is 10.2. The molecule has 1 aliphatic heterocycles. The highest BCUT2D eigenvalue weighted by atomic mass is 16.5. The smallest absolute Gasteiger partial charge is 0.324 e. The molecule has 32 heavy (non-hydrogen) atoms. The Kier molecular flexibility index (Phi) is 6.17. The molecule has 3 aromatic rings. The molecule has 4 amide bonds. The normalized spacial score (nSPS) is 13.1. The minimum atomic E-state index is -0.410. The zero-order chi connectivity index (χ0) is 22.5. The van der Waals surface area contributed by atoms with Crippen molar-refractivity contribution in [3.8, 4) is 5.75 Å². The molecule has 0 bridgehead atoms. The summed E-state index contributed by atoms with van der Waals surface area (Å²) in [5.74, 6) is 0.0523. The quantitative estimate of drug-likeness (QED) is 0.558. The monoisotopic (exact) mass is 429 g/mol. The number of imide groups is 1. The molecule has 0 aromatic heterocycles. The second kappa shape index (κ2) is 9.34. The third-order valence-corrected chi connectivity index (χ3v) is 5.05. The number of hydrogen-bond acceptors (Lipinski definition) is 4. The molecule has 162 valence electrons.